The molecule has 4 atom stereocenters. The number of benzene rings is 4. The summed E-state index contributed by atoms with van der Waals surface area (Å²) in [5.74, 6) is -2.36. The van der Waals surface area contributed by atoms with Gasteiger partial charge in [0.1, 0.15) is 5.67 Å². The van der Waals surface area contributed by atoms with Crippen molar-refractivity contribution < 1.29 is 28.6 Å². The first kappa shape index (κ1) is 32.7. The van der Waals surface area contributed by atoms with Gasteiger partial charge in [0.2, 0.25) is 5.91 Å². The molecule has 8 nitrogen and oxygen atoms in total. The summed E-state index contributed by atoms with van der Waals surface area (Å²) in [6.45, 7) is 8.93. The lowest BCUT2D eigenvalue weighted by Crippen LogP contribution is -2.45. The molecule has 0 bridgehead atoms. The quantitative estimate of drug-likeness (QED) is 0.192. The molecule has 0 saturated carbocycles. The van der Waals surface area contributed by atoms with E-state index in [0.717, 1.165) is 22.0 Å². The van der Waals surface area contributed by atoms with Crippen LogP contribution in [0.1, 0.15) is 48.7 Å². The zero-order valence-electron chi connectivity index (χ0n) is 27.9. The first-order valence-corrected chi connectivity index (χ1v) is 16.7. The summed E-state index contributed by atoms with van der Waals surface area (Å²) in [7, 11) is 0. The van der Waals surface area contributed by atoms with Crippen LogP contribution in [-0.2, 0) is 26.5 Å². The summed E-state index contributed by atoms with van der Waals surface area (Å²) in [4.78, 5) is 47.2. The van der Waals surface area contributed by atoms with Gasteiger partial charge in [-0.1, -0.05) is 67.6 Å². The number of rotatable bonds is 10. The van der Waals surface area contributed by atoms with Gasteiger partial charge < -0.3 is 19.6 Å². The largest absolute Gasteiger partial charge is 0.395 e. The van der Waals surface area contributed by atoms with Gasteiger partial charge in [-0.3, -0.25) is 19.3 Å². The van der Waals surface area contributed by atoms with Crippen LogP contribution < -0.4 is 9.80 Å². The molecular formula is C40H40FN3O5. The van der Waals surface area contributed by atoms with Crippen molar-refractivity contribution in [3.63, 3.8) is 0 Å². The highest BCUT2D eigenvalue weighted by atomic mass is 19.1. The van der Waals surface area contributed by atoms with Crippen molar-refractivity contribution in [1.82, 2.24) is 4.90 Å². The SMILES string of the molecule is C=CCN1C(=O)[C@@]2(O[C@@H](CC(=O)N(CCO)Cc3ccccc3)[C@H](C(C)(C)F)[C@H]2C)c2cc(N3C(=O)c4cccc5cccc3c45)ccc21. The topological polar surface area (TPSA) is 90.4 Å². The maximum atomic E-state index is 16.3. The third-order valence-electron chi connectivity index (χ3n) is 10.4. The number of hydrogen-bond donors (Lipinski definition) is 1. The zero-order chi connectivity index (χ0) is 34.7. The molecule has 1 fully saturated rings. The molecule has 4 aromatic rings. The van der Waals surface area contributed by atoms with Gasteiger partial charge in [0.05, 0.1) is 36.1 Å². The van der Waals surface area contributed by atoms with Crippen molar-refractivity contribution in [2.45, 2.75) is 51.1 Å². The van der Waals surface area contributed by atoms with Gasteiger partial charge in [0, 0.05) is 48.1 Å². The molecule has 252 valence electrons. The lowest BCUT2D eigenvalue weighted by molar-refractivity contribution is -0.150. The van der Waals surface area contributed by atoms with E-state index in [1.165, 1.54) is 13.8 Å². The van der Waals surface area contributed by atoms with Crippen molar-refractivity contribution in [2.24, 2.45) is 11.8 Å². The maximum absolute atomic E-state index is 16.3. The Bertz CT molecular complexity index is 1970. The summed E-state index contributed by atoms with van der Waals surface area (Å²) < 4.78 is 23.2. The van der Waals surface area contributed by atoms with E-state index in [-0.39, 0.29) is 50.4 Å². The lowest BCUT2D eigenvalue weighted by Gasteiger charge is -2.33. The smallest absolute Gasteiger partial charge is 0.264 e. The van der Waals surface area contributed by atoms with Crippen molar-refractivity contribution in [1.29, 1.82) is 0 Å². The number of halogens is 1. The normalized spacial score (nSPS) is 22.8. The molecule has 1 N–H and O–H groups in total. The Morgan fingerprint density at radius 3 is 2.47 bits per heavy atom. The molecule has 3 aliphatic rings. The molecule has 0 radical (unpaired) electrons. The Hall–Kier alpha value is -4.86. The van der Waals surface area contributed by atoms with Crippen LogP contribution in [0.5, 0.6) is 0 Å². The van der Waals surface area contributed by atoms with Crippen molar-refractivity contribution in [3.8, 4) is 0 Å². The van der Waals surface area contributed by atoms with Crippen molar-refractivity contribution in [2.75, 3.05) is 29.5 Å². The summed E-state index contributed by atoms with van der Waals surface area (Å²) in [6, 6.07) is 26.3. The van der Waals surface area contributed by atoms with Gasteiger partial charge in [-0.15, -0.1) is 6.58 Å². The van der Waals surface area contributed by atoms with Crippen LogP contribution >= 0.6 is 0 Å². The Labute approximate surface area is 285 Å². The molecule has 3 amide bonds. The monoisotopic (exact) mass is 661 g/mol. The Morgan fingerprint density at radius 2 is 1.78 bits per heavy atom. The Morgan fingerprint density at radius 1 is 1.04 bits per heavy atom. The molecule has 7 rings (SSSR count). The van der Waals surface area contributed by atoms with Gasteiger partial charge in [0.25, 0.3) is 11.8 Å². The Balaban J connectivity index is 1.30. The van der Waals surface area contributed by atoms with E-state index in [2.05, 4.69) is 6.58 Å². The number of nitrogens with zero attached hydrogens (tertiary/aromatic N) is 3. The molecule has 1 saturated heterocycles. The molecule has 0 unspecified atom stereocenters. The van der Waals surface area contributed by atoms with E-state index in [0.29, 0.717) is 22.5 Å². The summed E-state index contributed by atoms with van der Waals surface area (Å²) in [5.41, 5.74) is 0.482. The zero-order valence-corrected chi connectivity index (χ0v) is 27.9. The molecule has 3 heterocycles. The molecule has 3 aliphatic heterocycles. The molecule has 9 heteroatoms. The highest BCUT2D eigenvalue weighted by molar-refractivity contribution is 6.28. The fourth-order valence-corrected chi connectivity index (χ4v) is 8.37. The second kappa shape index (κ2) is 12.2. The highest BCUT2D eigenvalue weighted by Crippen LogP contribution is 2.59. The minimum absolute atomic E-state index is 0.0993. The fourth-order valence-electron chi connectivity index (χ4n) is 8.37. The van der Waals surface area contributed by atoms with E-state index >= 15 is 4.39 Å². The van der Waals surface area contributed by atoms with Crippen LogP contribution in [0.3, 0.4) is 0 Å². The number of ether oxygens (including phenoxy) is 1. The van der Waals surface area contributed by atoms with Crippen LogP contribution in [-0.4, -0.2) is 59.2 Å². The van der Waals surface area contributed by atoms with Gasteiger partial charge in [-0.25, -0.2) is 4.39 Å². The van der Waals surface area contributed by atoms with Crippen molar-refractivity contribution >= 4 is 45.6 Å². The number of anilines is 3. The van der Waals surface area contributed by atoms with Crippen LogP contribution in [0, 0.1) is 11.8 Å². The second-order valence-electron chi connectivity index (χ2n) is 13.7. The number of carbonyl (C=O) groups excluding carboxylic acids is 3. The van der Waals surface area contributed by atoms with Gasteiger partial charge in [0.15, 0.2) is 5.60 Å². The third kappa shape index (κ3) is 5.14. The number of carbonyl (C=O) groups is 3. The number of aliphatic hydroxyl groups excluding tert-OH is 1. The predicted octanol–water partition coefficient (Wildman–Crippen LogP) is 6.67. The molecule has 1 spiro atoms. The van der Waals surface area contributed by atoms with Gasteiger partial charge in [-0.05, 0) is 55.1 Å². The lowest BCUT2D eigenvalue weighted by atomic mass is 9.71. The average molecular weight is 662 g/mol. The standard InChI is InChI=1S/C40H40FN3O5/c1-5-19-43-31-18-17-28(44-32-16-10-14-27-13-9-15-29(35(27)32)37(44)47)22-30(31)40(38(43)48)25(2)36(39(3,4)41)33(49-40)23-34(46)42(20-21-45)24-26-11-7-6-8-12-26/h5-18,22,25,33,36,45H,1,19-21,23-24H2,2-4H3/t25-,33+,36-,40+/m1/s1. The molecule has 0 aliphatic carbocycles. The first-order valence-electron chi connectivity index (χ1n) is 16.7. The van der Waals surface area contributed by atoms with Crippen LogP contribution in [0.15, 0.2) is 97.6 Å². The number of fused-ring (bicyclic) bond motifs is 2. The fraction of sp³-hybridized carbons (Fsp3) is 0.325. The highest BCUT2D eigenvalue weighted by Gasteiger charge is 2.66. The van der Waals surface area contributed by atoms with E-state index in [4.69, 9.17) is 4.74 Å². The van der Waals surface area contributed by atoms with Crippen molar-refractivity contribution in [3.05, 3.63) is 114 Å². The van der Waals surface area contributed by atoms with Crippen LogP contribution in [0.25, 0.3) is 10.8 Å². The molecule has 49 heavy (non-hydrogen) atoms. The summed E-state index contributed by atoms with van der Waals surface area (Å²) in [5, 5.41) is 11.6. The van der Waals surface area contributed by atoms with E-state index in [1.54, 1.807) is 20.8 Å². The average Bonchev–Trinajstić information content (AvgIpc) is 3.63. The predicted molar refractivity (Wildman–Crippen MR) is 187 cm³/mol. The number of alkyl halides is 1. The Kier molecular flexibility index (Phi) is 8.16. The maximum Gasteiger partial charge on any atom is 0.264 e. The number of hydrogen-bond acceptors (Lipinski definition) is 5. The van der Waals surface area contributed by atoms with Crippen LogP contribution in [0.4, 0.5) is 21.5 Å². The van der Waals surface area contributed by atoms with Gasteiger partial charge >= 0.3 is 0 Å². The molecule has 0 aromatic heterocycles. The first-order chi connectivity index (χ1) is 23.5. The second-order valence-corrected chi connectivity index (χ2v) is 13.7. The van der Waals surface area contributed by atoms with E-state index in [9.17, 15) is 19.5 Å². The molecule has 4 aromatic carbocycles. The van der Waals surface area contributed by atoms with E-state index < -0.39 is 29.2 Å². The van der Waals surface area contributed by atoms with E-state index in [1.807, 2.05) is 91.9 Å². The number of amides is 3. The summed E-state index contributed by atoms with van der Waals surface area (Å²) in [6.07, 6.45) is 0.501. The number of aliphatic hydroxyl groups is 1. The summed E-state index contributed by atoms with van der Waals surface area (Å²) >= 11 is 0. The third-order valence-corrected chi connectivity index (χ3v) is 10.4. The molecular weight excluding hydrogens is 621 g/mol. The van der Waals surface area contributed by atoms with Crippen LogP contribution in [0.2, 0.25) is 0 Å². The van der Waals surface area contributed by atoms with Gasteiger partial charge in [-0.2, -0.15) is 0 Å². The minimum atomic E-state index is -1.82. The minimum Gasteiger partial charge on any atom is -0.395 e.